The van der Waals surface area contributed by atoms with E-state index in [0.29, 0.717) is 12.5 Å². The summed E-state index contributed by atoms with van der Waals surface area (Å²) in [6, 6.07) is 6.25. The van der Waals surface area contributed by atoms with Crippen molar-refractivity contribution in [1.82, 2.24) is 5.32 Å². The lowest BCUT2D eigenvalue weighted by molar-refractivity contribution is 0.0691. The SMILES string of the molecule is O=C(O)c1ccccc1C(=O)NCC1CC1. The van der Waals surface area contributed by atoms with Gasteiger partial charge in [0.15, 0.2) is 0 Å². The number of rotatable bonds is 4. The Morgan fingerprint density at radius 1 is 1.25 bits per heavy atom. The fraction of sp³-hybridized carbons (Fsp3) is 0.333. The maximum Gasteiger partial charge on any atom is 0.336 e. The first kappa shape index (κ1) is 10.7. The highest BCUT2D eigenvalue weighted by molar-refractivity contribution is 6.04. The lowest BCUT2D eigenvalue weighted by Gasteiger charge is -2.06. The van der Waals surface area contributed by atoms with Crippen LogP contribution in [0.25, 0.3) is 0 Å². The van der Waals surface area contributed by atoms with Crippen molar-refractivity contribution in [2.45, 2.75) is 12.8 Å². The molecular formula is C12H13NO3. The highest BCUT2D eigenvalue weighted by Crippen LogP contribution is 2.27. The van der Waals surface area contributed by atoms with E-state index in [2.05, 4.69) is 5.32 Å². The monoisotopic (exact) mass is 219 g/mol. The van der Waals surface area contributed by atoms with Gasteiger partial charge in [0, 0.05) is 6.54 Å². The molecule has 4 nitrogen and oxygen atoms in total. The molecule has 0 spiro atoms. The Morgan fingerprint density at radius 3 is 2.44 bits per heavy atom. The number of hydrogen-bond donors (Lipinski definition) is 2. The molecule has 16 heavy (non-hydrogen) atoms. The summed E-state index contributed by atoms with van der Waals surface area (Å²) in [4.78, 5) is 22.6. The molecule has 1 amide bonds. The zero-order valence-electron chi connectivity index (χ0n) is 8.77. The summed E-state index contributed by atoms with van der Waals surface area (Å²) in [5, 5.41) is 11.7. The molecule has 0 aromatic heterocycles. The molecule has 0 unspecified atom stereocenters. The predicted molar refractivity (Wildman–Crippen MR) is 58.5 cm³/mol. The van der Waals surface area contributed by atoms with Gasteiger partial charge >= 0.3 is 5.97 Å². The van der Waals surface area contributed by atoms with E-state index in [1.165, 1.54) is 12.1 Å². The molecule has 2 rings (SSSR count). The van der Waals surface area contributed by atoms with Crippen molar-refractivity contribution in [2.75, 3.05) is 6.54 Å². The van der Waals surface area contributed by atoms with E-state index in [4.69, 9.17) is 5.11 Å². The minimum absolute atomic E-state index is 0.0517. The van der Waals surface area contributed by atoms with Crippen molar-refractivity contribution >= 4 is 11.9 Å². The van der Waals surface area contributed by atoms with Gasteiger partial charge in [-0.1, -0.05) is 12.1 Å². The van der Waals surface area contributed by atoms with Crippen LogP contribution in [-0.4, -0.2) is 23.5 Å². The Balaban J connectivity index is 2.11. The fourth-order valence-corrected chi connectivity index (χ4v) is 1.52. The number of carboxylic acids is 1. The Bertz CT molecular complexity index is 424. The summed E-state index contributed by atoms with van der Waals surface area (Å²) in [6.07, 6.45) is 2.31. The van der Waals surface area contributed by atoms with Gasteiger partial charge in [0.1, 0.15) is 0 Å². The topological polar surface area (TPSA) is 66.4 Å². The summed E-state index contributed by atoms with van der Waals surface area (Å²) in [6.45, 7) is 0.646. The first-order valence-corrected chi connectivity index (χ1v) is 5.29. The van der Waals surface area contributed by atoms with Crippen LogP contribution < -0.4 is 5.32 Å². The summed E-state index contributed by atoms with van der Waals surface area (Å²) in [7, 11) is 0. The number of carboxylic acid groups (broad SMARTS) is 1. The molecule has 0 saturated heterocycles. The third kappa shape index (κ3) is 2.39. The van der Waals surface area contributed by atoms with Crippen LogP contribution in [-0.2, 0) is 0 Å². The number of nitrogens with one attached hydrogen (secondary N) is 1. The second-order valence-electron chi connectivity index (χ2n) is 4.00. The van der Waals surface area contributed by atoms with E-state index in [9.17, 15) is 9.59 Å². The van der Waals surface area contributed by atoms with Crippen LogP contribution in [0.3, 0.4) is 0 Å². The molecule has 0 heterocycles. The van der Waals surface area contributed by atoms with Crippen LogP contribution in [0.5, 0.6) is 0 Å². The van der Waals surface area contributed by atoms with E-state index in [1.807, 2.05) is 0 Å². The highest BCUT2D eigenvalue weighted by Gasteiger charge is 2.23. The van der Waals surface area contributed by atoms with Crippen molar-refractivity contribution in [2.24, 2.45) is 5.92 Å². The number of benzene rings is 1. The smallest absolute Gasteiger partial charge is 0.336 e. The normalized spacial score (nSPS) is 14.5. The van der Waals surface area contributed by atoms with E-state index in [0.717, 1.165) is 12.8 Å². The van der Waals surface area contributed by atoms with Crippen molar-refractivity contribution < 1.29 is 14.7 Å². The molecule has 0 bridgehead atoms. The highest BCUT2D eigenvalue weighted by atomic mass is 16.4. The quantitative estimate of drug-likeness (QED) is 0.806. The molecular weight excluding hydrogens is 206 g/mol. The van der Waals surface area contributed by atoms with Crippen LogP contribution >= 0.6 is 0 Å². The molecule has 84 valence electrons. The van der Waals surface area contributed by atoms with Gasteiger partial charge in [-0.3, -0.25) is 4.79 Å². The summed E-state index contributed by atoms with van der Waals surface area (Å²) >= 11 is 0. The van der Waals surface area contributed by atoms with Crippen LogP contribution in [0.2, 0.25) is 0 Å². The van der Waals surface area contributed by atoms with Crippen molar-refractivity contribution in [1.29, 1.82) is 0 Å². The van der Waals surface area contributed by atoms with Gasteiger partial charge in [0.05, 0.1) is 11.1 Å². The minimum Gasteiger partial charge on any atom is -0.478 e. The molecule has 1 aromatic rings. The second kappa shape index (κ2) is 4.35. The first-order chi connectivity index (χ1) is 7.68. The van der Waals surface area contributed by atoms with Crippen LogP contribution in [0.15, 0.2) is 24.3 Å². The van der Waals surface area contributed by atoms with Gasteiger partial charge < -0.3 is 10.4 Å². The van der Waals surface area contributed by atoms with E-state index in [-0.39, 0.29) is 17.0 Å². The van der Waals surface area contributed by atoms with Crippen LogP contribution in [0, 0.1) is 5.92 Å². The van der Waals surface area contributed by atoms with Gasteiger partial charge in [-0.25, -0.2) is 4.79 Å². The van der Waals surface area contributed by atoms with Gasteiger partial charge in [-0.05, 0) is 30.9 Å². The van der Waals surface area contributed by atoms with Crippen molar-refractivity contribution in [3.8, 4) is 0 Å². The van der Waals surface area contributed by atoms with Gasteiger partial charge in [0.2, 0.25) is 0 Å². The third-order valence-electron chi connectivity index (χ3n) is 2.65. The zero-order valence-corrected chi connectivity index (χ0v) is 8.77. The Morgan fingerprint density at radius 2 is 1.88 bits per heavy atom. The average Bonchev–Trinajstić information content (AvgIpc) is 3.09. The van der Waals surface area contributed by atoms with Gasteiger partial charge in [-0.2, -0.15) is 0 Å². The first-order valence-electron chi connectivity index (χ1n) is 5.29. The summed E-state index contributed by atoms with van der Waals surface area (Å²) in [5.41, 5.74) is 0.284. The van der Waals surface area contributed by atoms with Crippen molar-refractivity contribution in [3.05, 3.63) is 35.4 Å². The number of amides is 1. The van der Waals surface area contributed by atoms with Crippen molar-refractivity contribution in [3.63, 3.8) is 0 Å². The molecule has 1 aliphatic rings. The minimum atomic E-state index is -1.07. The number of aromatic carboxylic acids is 1. The van der Waals surface area contributed by atoms with Gasteiger partial charge in [-0.15, -0.1) is 0 Å². The zero-order chi connectivity index (χ0) is 11.5. The molecule has 1 fully saturated rings. The molecule has 1 saturated carbocycles. The molecule has 0 aliphatic heterocycles. The van der Waals surface area contributed by atoms with Crippen LogP contribution in [0.4, 0.5) is 0 Å². The fourth-order valence-electron chi connectivity index (χ4n) is 1.52. The Hall–Kier alpha value is -1.84. The molecule has 4 heteroatoms. The van der Waals surface area contributed by atoms with Gasteiger partial charge in [0.25, 0.3) is 5.91 Å². The maximum atomic E-state index is 11.7. The Labute approximate surface area is 93.3 Å². The lowest BCUT2D eigenvalue weighted by atomic mass is 10.1. The third-order valence-corrected chi connectivity index (χ3v) is 2.65. The average molecular weight is 219 g/mol. The molecule has 1 aliphatic carbocycles. The largest absolute Gasteiger partial charge is 0.478 e. The van der Waals surface area contributed by atoms with Crippen LogP contribution in [0.1, 0.15) is 33.6 Å². The Kier molecular flexibility index (Phi) is 2.90. The lowest BCUT2D eigenvalue weighted by Crippen LogP contribution is -2.27. The van der Waals surface area contributed by atoms with E-state index < -0.39 is 5.97 Å². The summed E-state index contributed by atoms with van der Waals surface area (Å²) in [5.74, 6) is -0.789. The van der Waals surface area contributed by atoms with E-state index >= 15 is 0 Å². The molecule has 1 aromatic carbocycles. The second-order valence-corrected chi connectivity index (χ2v) is 4.00. The maximum absolute atomic E-state index is 11.7. The summed E-state index contributed by atoms with van der Waals surface area (Å²) < 4.78 is 0. The number of hydrogen-bond acceptors (Lipinski definition) is 2. The molecule has 0 atom stereocenters. The standard InChI is InChI=1S/C12H13NO3/c14-11(13-7-8-5-6-8)9-3-1-2-4-10(9)12(15)16/h1-4,8H,5-7H2,(H,13,14)(H,15,16). The molecule has 0 radical (unpaired) electrons. The molecule has 2 N–H and O–H groups in total. The number of carbonyl (C=O) groups excluding carboxylic acids is 1. The number of carbonyl (C=O) groups is 2. The predicted octanol–water partition coefficient (Wildman–Crippen LogP) is 1.52. The van der Waals surface area contributed by atoms with E-state index in [1.54, 1.807) is 12.1 Å².